The molecule has 1 heterocycles. The lowest BCUT2D eigenvalue weighted by Crippen LogP contribution is -2.17. The summed E-state index contributed by atoms with van der Waals surface area (Å²) in [6.45, 7) is 0. The molecule has 0 aliphatic heterocycles. The number of aromatic nitrogens is 3. The van der Waals surface area contributed by atoms with Crippen LogP contribution in [0, 0.1) is 0 Å². The highest BCUT2D eigenvalue weighted by Crippen LogP contribution is 2.36. The molecular weight excluding hydrogens is 459 g/mol. The van der Waals surface area contributed by atoms with Crippen LogP contribution < -0.4 is 4.72 Å². The van der Waals surface area contributed by atoms with Crippen LogP contribution in [0.1, 0.15) is 0 Å². The van der Waals surface area contributed by atoms with Crippen LogP contribution >= 0.6 is 55.1 Å². The van der Waals surface area contributed by atoms with Gasteiger partial charge in [0.05, 0.1) is 15.7 Å². The van der Waals surface area contributed by atoms with Crippen molar-refractivity contribution in [1.82, 2.24) is 15.0 Å². The van der Waals surface area contributed by atoms with Crippen LogP contribution in [-0.4, -0.2) is 23.4 Å². The van der Waals surface area contributed by atoms with Crippen molar-refractivity contribution in [1.29, 1.82) is 0 Å². The molecule has 1 N–H and O–H groups in total. The summed E-state index contributed by atoms with van der Waals surface area (Å²) in [5.41, 5.74) is 0.160. The molecule has 1 aromatic heterocycles. The molecule has 108 valence electrons. The highest BCUT2D eigenvalue weighted by atomic mass is 79.9. The molecule has 20 heavy (non-hydrogen) atoms. The Morgan fingerprint density at radius 2 is 1.90 bits per heavy atom. The number of hydrogen-bond acceptors (Lipinski definition) is 4. The van der Waals surface area contributed by atoms with Crippen molar-refractivity contribution in [3.8, 4) is 0 Å². The van der Waals surface area contributed by atoms with E-state index in [9.17, 15) is 8.42 Å². The van der Waals surface area contributed by atoms with E-state index in [-0.39, 0.29) is 25.4 Å². The third-order valence-electron chi connectivity index (χ3n) is 2.27. The smallest absolute Gasteiger partial charge is 0.277 e. The number of anilines is 1. The van der Waals surface area contributed by atoms with Gasteiger partial charge in [0.1, 0.15) is 0 Å². The Balaban J connectivity index is 2.47. The maximum absolute atomic E-state index is 12.3. The van der Waals surface area contributed by atoms with Gasteiger partial charge >= 0.3 is 0 Å². The summed E-state index contributed by atoms with van der Waals surface area (Å²) in [5.74, 6) is 0. The molecule has 0 radical (unpaired) electrons. The number of rotatable bonds is 3. The molecule has 0 atom stereocenters. The number of benzene rings is 1. The predicted octanol–water partition coefficient (Wildman–Crippen LogP) is 3.45. The van der Waals surface area contributed by atoms with Crippen LogP contribution in [0.2, 0.25) is 10.0 Å². The van der Waals surface area contributed by atoms with Gasteiger partial charge in [-0.05, 0) is 44.0 Å². The molecule has 1 aromatic carbocycles. The van der Waals surface area contributed by atoms with E-state index >= 15 is 0 Å². The Bertz CT molecular complexity index is 759. The minimum absolute atomic E-state index is 0.0934. The van der Waals surface area contributed by atoms with Crippen LogP contribution in [0.5, 0.6) is 0 Å². The van der Waals surface area contributed by atoms with Crippen molar-refractivity contribution in [3.63, 3.8) is 0 Å². The minimum Gasteiger partial charge on any atom is -0.277 e. The second kappa shape index (κ2) is 5.80. The van der Waals surface area contributed by atoms with Crippen LogP contribution in [0.3, 0.4) is 0 Å². The molecule has 0 aliphatic rings. The summed E-state index contributed by atoms with van der Waals surface area (Å²) in [4.78, 5) is 0. The molecule has 0 amide bonds. The van der Waals surface area contributed by atoms with Crippen molar-refractivity contribution in [3.05, 3.63) is 31.3 Å². The zero-order valence-corrected chi connectivity index (χ0v) is 15.2. The Kier molecular flexibility index (Phi) is 4.65. The standard InChI is InChI=1S/C9H6Br2Cl2N4O2S/c1-17-9(8(11)14-16-17)20(18,19)15-5-3-2-4(10)6(12)7(5)13/h2-3,15H,1H3. The Hall–Kier alpha value is -0.350. The first-order valence-electron chi connectivity index (χ1n) is 4.95. The highest BCUT2D eigenvalue weighted by Gasteiger charge is 2.25. The summed E-state index contributed by atoms with van der Waals surface area (Å²) in [6.07, 6.45) is 0. The molecule has 2 rings (SSSR count). The van der Waals surface area contributed by atoms with Gasteiger partial charge in [-0.2, -0.15) is 8.42 Å². The lowest BCUT2D eigenvalue weighted by atomic mass is 10.3. The summed E-state index contributed by atoms with van der Waals surface area (Å²) in [6, 6.07) is 3.08. The summed E-state index contributed by atoms with van der Waals surface area (Å²) in [7, 11) is -2.44. The van der Waals surface area contributed by atoms with E-state index in [2.05, 4.69) is 46.9 Å². The largest absolute Gasteiger partial charge is 0.281 e. The van der Waals surface area contributed by atoms with E-state index in [1.165, 1.54) is 13.1 Å². The number of halogens is 4. The molecular formula is C9H6Br2Cl2N4O2S. The SMILES string of the molecule is Cn1nnc(Br)c1S(=O)(=O)Nc1ccc(Br)c(Cl)c1Cl. The Morgan fingerprint density at radius 3 is 2.45 bits per heavy atom. The zero-order chi connectivity index (χ0) is 15.1. The van der Waals surface area contributed by atoms with Crippen LogP contribution in [0.25, 0.3) is 0 Å². The number of nitrogens with zero attached hydrogens (tertiary/aromatic N) is 3. The Morgan fingerprint density at radius 1 is 1.25 bits per heavy atom. The third-order valence-corrected chi connectivity index (χ3v) is 6.29. The zero-order valence-electron chi connectivity index (χ0n) is 9.73. The highest BCUT2D eigenvalue weighted by molar-refractivity contribution is 9.10. The lowest BCUT2D eigenvalue weighted by molar-refractivity contribution is 0.578. The maximum Gasteiger partial charge on any atom is 0.281 e. The maximum atomic E-state index is 12.3. The second-order valence-corrected chi connectivity index (χ2v) is 7.60. The fourth-order valence-electron chi connectivity index (χ4n) is 1.41. The number of aryl methyl sites for hydroxylation is 1. The van der Waals surface area contributed by atoms with Crippen molar-refractivity contribution in [2.45, 2.75) is 5.03 Å². The van der Waals surface area contributed by atoms with Crippen molar-refractivity contribution in [2.24, 2.45) is 7.05 Å². The average Bonchev–Trinajstić information content (AvgIpc) is 2.70. The number of nitrogens with one attached hydrogen (secondary N) is 1. The molecule has 11 heteroatoms. The van der Waals surface area contributed by atoms with Crippen molar-refractivity contribution >= 4 is 70.8 Å². The van der Waals surface area contributed by atoms with Gasteiger partial charge in [0.15, 0.2) is 4.60 Å². The molecule has 0 saturated heterocycles. The molecule has 0 bridgehead atoms. The molecule has 0 spiro atoms. The van der Waals surface area contributed by atoms with E-state index < -0.39 is 10.0 Å². The van der Waals surface area contributed by atoms with Gasteiger partial charge in [0.2, 0.25) is 5.03 Å². The summed E-state index contributed by atoms with van der Waals surface area (Å²) in [5, 5.41) is 7.43. The molecule has 2 aromatic rings. The Labute approximate surface area is 141 Å². The van der Waals surface area contributed by atoms with Crippen LogP contribution in [0.15, 0.2) is 26.2 Å². The van der Waals surface area contributed by atoms with E-state index in [0.717, 1.165) is 4.68 Å². The lowest BCUT2D eigenvalue weighted by Gasteiger charge is -2.11. The minimum atomic E-state index is -3.90. The molecule has 6 nitrogen and oxygen atoms in total. The topological polar surface area (TPSA) is 76.9 Å². The monoisotopic (exact) mass is 462 g/mol. The first kappa shape index (κ1) is 16.0. The van der Waals surface area contributed by atoms with E-state index in [4.69, 9.17) is 23.2 Å². The summed E-state index contributed by atoms with van der Waals surface area (Å²) >= 11 is 18.2. The van der Waals surface area contributed by atoms with Crippen molar-refractivity contribution < 1.29 is 8.42 Å². The molecule has 0 fully saturated rings. The van der Waals surface area contributed by atoms with Gasteiger partial charge in [0.25, 0.3) is 10.0 Å². The first-order valence-corrected chi connectivity index (χ1v) is 8.78. The predicted molar refractivity (Wildman–Crippen MR) is 83.7 cm³/mol. The fourth-order valence-corrected chi connectivity index (χ4v) is 4.45. The summed E-state index contributed by atoms with van der Waals surface area (Å²) < 4.78 is 28.7. The molecule has 0 unspecified atom stereocenters. The van der Waals surface area contributed by atoms with Gasteiger partial charge in [-0.25, -0.2) is 4.68 Å². The number of hydrogen-bond donors (Lipinski definition) is 1. The third kappa shape index (κ3) is 2.96. The van der Waals surface area contributed by atoms with Crippen molar-refractivity contribution in [2.75, 3.05) is 4.72 Å². The van der Waals surface area contributed by atoms with Gasteiger partial charge in [-0.3, -0.25) is 4.72 Å². The van der Waals surface area contributed by atoms with Crippen LogP contribution in [-0.2, 0) is 17.1 Å². The van der Waals surface area contributed by atoms with E-state index in [0.29, 0.717) is 4.47 Å². The average molecular weight is 465 g/mol. The van der Waals surface area contributed by atoms with Crippen LogP contribution in [0.4, 0.5) is 5.69 Å². The van der Waals surface area contributed by atoms with Gasteiger partial charge < -0.3 is 0 Å². The second-order valence-electron chi connectivity index (χ2n) is 3.64. The van der Waals surface area contributed by atoms with Gasteiger partial charge in [-0.1, -0.05) is 28.4 Å². The quantitative estimate of drug-likeness (QED) is 0.706. The molecule has 0 saturated carbocycles. The van der Waals surface area contributed by atoms with Gasteiger partial charge in [0, 0.05) is 11.5 Å². The fraction of sp³-hybridized carbons (Fsp3) is 0.111. The van der Waals surface area contributed by atoms with Gasteiger partial charge in [-0.15, -0.1) is 5.10 Å². The van der Waals surface area contributed by atoms with E-state index in [1.807, 2.05) is 0 Å². The van der Waals surface area contributed by atoms with E-state index in [1.54, 1.807) is 6.07 Å². The number of sulfonamides is 1. The normalized spacial score (nSPS) is 11.7. The first-order chi connectivity index (χ1) is 9.24. The molecule has 0 aliphatic carbocycles.